The Morgan fingerprint density at radius 1 is 1.06 bits per heavy atom. The highest BCUT2D eigenvalue weighted by Crippen LogP contribution is 2.23. The maximum atomic E-state index is 12.6. The second-order valence-corrected chi connectivity index (χ2v) is 8.34. The van der Waals surface area contributed by atoms with Crippen LogP contribution in [0.2, 0.25) is 0 Å². The minimum atomic E-state index is -0.500. The van der Waals surface area contributed by atoms with E-state index >= 15 is 0 Å². The maximum Gasteiger partial charge on any atom is 0.338 e. The fraction of sp³-hybridized carbons (Fsp3) is 0.208. The molecule has 0 bridgehead atoms. The van der Waals surface area contributed by atoms with Crippen molar-refractivity contribution in [2.45, 2.75) is 34.0 Å². The van der Waals surface area contributed by atoms with E-state index < -0.39 is 11.6 Å². The molecule has 31 heavy (non-hydrogen) atoms. The van der Waals surface area contributed by atoms with Crippen LogP contribution in [0.4, 0.5) is 0 Å². The molecule has 0 aliphatic carbocycles. The third kappa shape index (κ3) is 4.83. The van der Waals surface area contributed by atoms with E-state index in [0.29, 0.717) is 29.1 Å². The zero-order chi connectivity index (χ0) is 22.0. The maximum absolute atomic E-state index is 12.6. The number of carbonyl (C=O) groups excluding carboxylic acids is 1. The first-order valence-corrected chi connectivity index (χ1v) is 10.6. The number of aryl methyl sites for hydroxylation is 3. The topological polar surface area (TPSA) is 78.6 Å². The van der Waals surface area contributed by atoms with Gasteiger partial charge in [-0.05, 0) is 62.2 Å². The van der Waals surface area contributed by atoms with Crippen LogP contribution in [0.1, 0.15) is 37.7 Å². The Morgan fingerprint density at radius 2 is 1.87 bits per heavy atom. The number of hydrogen-bond acceptors (Lipinski definition) is 7. The summed E-state index contributed by atoms with van der Waals surface area (Å²) in [5, 5.41) is 3.67. The molecule has 0 aliphatic heterocycles. The molecule has 4 aromatic rings. The third-order valence-corrected chi connectivity index (χ3v) is 5.75. The van der Waals surface area contributed by atoms with Gasteiger partial charge in [0.25, 0.3) is 0 Å². The Bertz CT molecular complexity index is 1320. The molecule has 0 amide bonds. The van der Waals surface area contributed by atoms with Gasteiger partial charge in [-0.3, -0.25) is 0 Å². The van der Waals surface area contributed by atoms with Crippen LogP contribution in [0.5, 0.6) is 5.75 Å². The molecule has 0 spiro atoms. The molecule has 0 fully saturated rings. The number of thiazole rings is 1. The van der Waals surface area contributed by atoms with E-state index in [-0.39, 0.29) is 6.61 Å². The highest BCUT2D eigenvalue weighted by atomic mass is 32.1. The van der Waals surface area contributed by atoms with Crippen molar-refractivity contribution < 1.29 is 18.7 Å². The summed E-state index contributed by atoms with van der Waals surface area (Å²) in [4.78, 5) is 28.9. The lowest BCUT2D eigenvalue weighted by molar-refractivity contribution is 0.0473. The highest BCUT2D eigenvalue weighted by Gasteiger charge is 2.13. The lowest BCUT2D eigenvalue weighted by Gasteiger charge is -2.10. The number of rotatable bonds is 6. The molecule has 6 nitrogen and oxygen atoms in total. The molecular formula is C24H21NO5S. The van der Waals surface area contributed by atoms with Crippen LogP contribution in [-0.2, 0) is 18.0 Å². The monoisotopic (exact) mass is 435 g/mol. The number of ether oxygens (including phenoxy) is 2. The van der Waals surface area contributed by atoms with Gasteiger partial charge in [0, 0.05) is 22.4 Å². The number of nitrogens with zero attached hydrogens (tertiary/aromatic N) is 1. The minimum Gasteiger partial charge on any atom is -0.487 e. The van der Waals surface area contributed by atoms with Gasteiger partial charge in [-0.2, -0.15) is 0 Å². The molecule has 0 saturated heterocycles. The second kappa shape index (κ2) is 8.73. The number of fused-ring (bicyclic) bond motifs is 1. The molecule has 0 radical (unpaired) electrons. The van der Waals surface area contributed by atoms with E-state index in [4.69, 9.17) is 13.9 Å². The molecule has 0 unspecified atom stereocenters. The van der Waals surface area contributed by atoms with Crippen molar-refractivity contribution in [3.05, 3.63) is 91.2 Å². The number of carbonyl (C=O) groups is 1. The summed E-state index contributed by atoms with van der Waals surface area (Å²) in [6.45, 7) is 6.16. The first kappa shape index (κ1) is 20.8. The van der Waals surface area contributed by atoms with Crippen molar-refractivity contribution >= 4 is 28.3 Å². The van der Waals surface area contributed by atoms with Crippen LogP contribution in [0.15, 0.2) is 57.1 Å². The van der Waals surface area contributed by atoms with Crippen LogP contribution in [-0.4, -0.2) is 11.0 Å². The van der Waals surface area contributed by atoms with Crippen molar-refractivity contribution in [2.75, 3.05) is 0 Å². The van der Waals surface area contributed by atoms with Crippen LogP contribution >= 0.6 is 11.3 Å². The molecule has 0 aliphatic rings. The molecular weight excluding hydrogens is 414 g/mol. The lowest BCUT2D eigenvalue weighted by atomic mass is 10.0. The van der Waals surface area contributed by atoms with E-state index in [1.807, 2.05) is 38.3 Å². The number of esters is 1. The van der Waals surface area contributed by atoms with Crippen LogP contribution < -0.4 is 10.4 Å². The fourth-order valence-electron chi connectivity index (χ4n) is 3.17. The first-order valence-electron chi connectivity index (χ1n) is 9.74. The highest BCUT2D eigenvalue weighted by molar-refractivity contribution is 7.09. The van der Waals surface area contributed by atoms with Crippen molar-refractivity contribution in [1.82, 2.24) is 4.98 Å². The molecule has 2 heterocycles. The predicted octanol–water partition coefficient (Wildman–Crippen LogP) is 5.11. The van der Waals surface area contributed by atoms with Crippen LogP contribution in [0.25, 0.3) is 11.0 Å². The van der Waals surface area contributed by atoms with Crippen molar-refractivity contribution in [3.63, 3.8) is 0 Å². The van der Waals surface area contributed by atoms with Crippen molar-refractivity contribution in [2.24, 2.45) is 0 Å². The Kier molecular flexibility index (Phi) is 5.86. The molecule has 158 valence electrons. The number of hydrogen-bond donors (Lipinski definition) is 0. The Morgan fingerprint density at radius 3 is 2.65 bits per heavy atom. The van der Waals surface area contributed by atoms with E-state index in [2.05, 4.69) is 4.98 Å². The standard InChI is InChI=1S/C24H21NO5S/c1-14-7-21-18(10-23(26)30-22(21)8-15(14)2)11-29-24(27)17-5-4-6-20(9-17)28-12-19-13-31-16(3)25-19/h4-10,13H,11-12H2,1-3H3. The zero-order valence-corrected chi connectivity index (χ0v) is 18.2. The molecule has 0 N–H and O–H groups in total. The molecule has 7 heteroatoms. The van der Waals surface area contributed by atoms with Gasteiger partial charge in [0.2, 0.25) is 0 Å². The Hall–Kier alpha value is -3.45. The predicted molar refractivity (Wildman–Crippen MR) is 119 cm³/mol. The minimum absolute atomic E-state index is 0.0351. The summed E-state index contributed by atoms with van der Waals surface area (Å²) >= 11 is 1.56. The Labute approximate surface area is 183 Å². The van der Waals surface area contributed by atoms with E-state index in [9.17, 15) is 9.59 Å². The van der Waals surface area contributed by atoms with Gasteiger partial charge in [0.1, 0.15) is 24.5 Å². The van der Waals surface area contributed by atoms with Gasteiger partial charge in [0.15, 0.2) is 0 Å². The molecule has 2 aromatic heterocycles. The van der Waals surface area contributed by atoms with Crippen LogP contribution in [0.3, 0.4) is 0 Å². The number of aromatic nitrogens is 1. The van der Waals surface area contributed by atoms with Gasteiger partial charge < -0.3 is 13.9 Å². The second-order valence-electron chi connectivity index (χ2n) is 7.27. The summed E-state index contributed by atoms with van der Waals surface area (Å²) in [5.41, 5.74) is 3.91. The summed E-state index contributed by atoms with van der Waals surface area (Å²) < 4.78 is 16.5. The average molecular weight is 436 g/mol. The van der Waals surface area contributed by atoms with Crippen LogP contribution in [0, 0.1) is 20.8 Å². The third-order valence-electron chi connectivity index (χ3n) is 4.93. The summed E-state index contributed by atoms with van der Waals surface area (Å²) in [7, 11) is 0. The molecule has 2 aromatic carbocycles. The van der Waals surface area contributed by atoms with Gasteiger partial charge in [-0.25, -0.2) is 14.6 Å². The number of benzene rings is 2. The van der Waals surface area contributed by atoms with Gasteiger partial charge in [-0.15, -0.1) is 11.3 Å². The van der Waals surface area contributed by atoms with Gasteiger partial charge >= 0.3 is 11.6 Å². The normalized spacial score (nSPS) is 10.9. The fourth-order valence-corrected chi connectivity index (χ4v) is 3.77. The molecule has 0 atom stereocenters. The molecule has 4 rings (SSSR count). The summed E-state index contributed by atoms with van der Waals surface area (Å²) in [6, 6.07) is 11.9. The first-order chi connectivity index (χ1) is 14.9. The van der Waals surface area contributed by atoms with Crippen molar-refractivity contribution in [1.29, 1.82) is 0 Å². The zero-order valence-electron chi connectivity index (χ0n) is 17.4. The Balaban J connectivity index is 1.48. The van der Waals surface area contributed by atoms with Gasteiger partial charge in [-0.1, -0.05) is 6.07 Å². The SMILES string of the molecule is Cc1nc(COc2cccc(C(=O)OCc3cc(=O)oc4cc(C)c(C)cc34)c2)cs1. The quantitative estimate of drug-likeness (QED) is 0.309. The van der Waals surface area contributed by atoms with E-state index in [0.717, 1.165) is 27.2 Å². The largest absolute Gasteiger partial charge is 0.487 e. The lowest BCUT2D eigenvalue weighted by Crippen LogP contribution is -2.08. The summed E-state index contributed by atoms with van der Waals surface area (Å²) in [6.07, 6.45) is 0. The van der Waals surface area contributed by atoms with E-state index in [1.54, 1.807) is 35.6 Å². The summed E-state index contributed by atoms with van der Waals surface area (Å²) in [5.74, 6) is 0.0529. The van der Waals surface area contributed by atoms with E-state index in [1.165, 1.54) is 6.07 Å². The average Bonchev–Trinajstić information content (AvgIpc) is 3.17. The smallest absolute Gasteiger partial charge is 0.338 e. The van der Waals surface area contributed by atoms with Crippen molar-refractivity contribution in [3.8, 4) is 5.75 Å². The van der Waals surface area contributed by atoms with Gasteiger partial charge in [0.05, 0.1) is 16.3 Å². The molecule has 0 saturated carbocycles.